The summed E-state index contributed by atoms with van der Waals surface area (Å²) < 4.78 is 11.4. The van der Waals surface area contributed by atoms with Gasteiger partial charge in [0.1, 0.15) is 6.42 Å². The maximum absolute atomic E-state index is 11.9. The Hall–Kier alpha value is -2.87. The largest absolute Gasteiger partial charge is 0.493 e. The summed E-state index contributed by atoms with van der Waals surface area (Å²) in [4.78, 5) is 23.6. The molecule has 0 saturated heterocycles. The van der Waals surface area contributed by atoms with Gasteiger partial charge in [-0.3, -0.25) is 9.59 Å². The lowest BCUT2D eigenvalue weighted by Crippen LogP contribution is -2.31. The Balaban J connectivity index is 1.72. The molecule has 2 aromatic carbocycles. The predicted molar refractivity (Wildman–Crippen MR) is 111 cm³/mol. The second-order valence-electron chi connectivity index (χ2n) is 5.81. The highest BCUT2D eigenvalue weighted by Crippen LogP contribution is 2.27. The molecule has 0 aliphatic carbocycles. The third-order valence-corrected chi connectivity index (χ3v) is 4.25. The molecule has 0 spiro atoms. The molecule has 2 rings (SSSR count). The van der Waals surface area contributed by atoms with Crippen molar-refractivity contribution in [1.82, 2.24) is 10.7 Å². The second kappa shape index (κ2) is 11.1. The number of hydrazone groups is 1. The van der Waals surface area contributed by atoms with Crippen LogP contribution in [0.4, 0.5) is 0 Å². The number of nitrogens with zero attached hydrogens (tertiary/aromatic N) is 1. The fraction of sp³-hybridized carbons (Fsp3) is 0.250. The van der Waals surface area contributed by atoms with Gasteiger partial charge in [-0.15, -0.1) is 0 Å². The minimum atomic E-state index is -0.477. The zero-order valence-corrected chi connectivity index (χ0v) is 17.3. The van der Waals surface area contributed by atoms with Crippen molar-refractivity contribution in [3.63, 3.8) is 0 Å². The number of amides is 2. The molecule has 0 unspecified atom stereocenters. The topological polar surface area (TPSA) is 89.0 Å². The zero-order chi connectivity index (χ0) is 20.4. The lowest BCUT2D eigenvalue weighted by molar-refractivity contribution is -0.129. The Morgan fingerprint density at radius 3 is 2.57 bits per heavy atom. The molecule has 8 heteroatoms. The van der Waals surface area contributed by atoms with E-state index in [1.165, 1.54) is 6.21 Å². The van der Waals surface area contributed by atoms with Gasteiger partial charge < -0.3 is 14.8 Å². The summed E-state index contributed by atoms with van der Waals surface area (Å²) >= 11 is 3.36. The monoisotopic (exact) mass is 447 g/mol. The standard InChI is InChI=1S/C20H22BrN3O4/c1-27-17-7-6-14(11-18(17)28-2)8-9-22-19(25)12-20(26)24-23-13-15-4-3-5-16(21)10-15/h3-7,10-11,13H,8-9,12H2,1-2H3,(H,22,25)(H,24,26)/b23-13-. The molecule has 148 valence electrons. The molecule has 7 nitrogen and oxygen atoms in total. The third-order valence-electron chi connectivity index (χ3n) is 3.76. The molecule has 0 heterocycles. The maximum Gasteiger partial charge on any atom is 0.249 e. The van der Waals surface area contributed by atoms with Crippen LogP contribution in [-0.4, -0.2) is 38.8 Å². The minimum Gasteiger partial charge on any atom is -0.493 e. The van der Waals surface area contributed by atoms with Crippen LogP contribution in [0.3, 0.4) is 0 Å². The molecule has 2 aromatic rings. The highest BCUT2D eigenvalue weighted by Gasteiger charge is 2.09. The van der Waals surface area contributed by atoms with Crippen molar-refractivity contribution in [1.29, 1.82) is 0 Å². The van der Waals surface area contributed by atoms with Gasteiger partial charge in [0.2, 0.25) is 11.8 Å². The normalized spacial score (nSPS) is 10.5. The van der Waals surface area contributed by atoms with Crippen LogP contribution >= 0.6 is 15.9 Å². The number of nitrogens with one attached hydrogen (secondary N) is 2. The average molecular weight is 448 g/mol. The number of carbonyl (C=O) groups is 2. The second-order valence-corrected chi connectivity index (χ2v) is 6.73. The lowest BCUT2D eigenvalue weighted by atomic mass is 10.1. The Bertz CT molecular complexity index is 855. The summed E-state index contributed by atoms with van der Waals surface area (Å²) in [6.07, 6.45) is 1.83. The Morgan fingerprint density at radius 1 is 1.07 bits per heavy atom. The molecule has 2 N–H and O–H groups in total. The molecular formula is C20H22BrN3O4. The van der Waals surface area contributed by atoms with E-state index in [0.29, 0.717) is 24.5 Å². The van der Waals surface area contributed by atoms with Gasteiger partial charge in [-0.2, -0.15) is 5.10 Å². The molecule has 0 radical (unpaired) electrons. The number of hydrogen-bond donors (Lipinski definition) is 2. The fourth-order valence-electron chi connectivity index (χ4n) is 2.40. The summed E-state index contributed by atoms with van der Waals surface area (Å²) in [6, 6.07) is 13.0. The molecule has 0 aromatic heterocycles. The van der Waals surface area contributed by atoms with Crippen molar-refractivity contribution in [2.45, 2.75) is 12.8 Å². The van der Waals surface area contributed by atoms with Gasteiger partial charge in [0.05, 0.1) is 20.4 Å². The first-order valence-electron chi connectivity index (χ1n) is 8.57. The quantitative estimate of drug-likeness (QED) is 0.351. The number of methoxy groups -OCH3 is 2. The van der Waals surface area contributed by atoms with Crippen molar-refractivity contribution in [2.24, 2.45) is 5.10 Å². The van der Waals surface area contributed by atoms with Crippen LogP contribution in [-0.2, 0) is 16.0 Å². The Morgan fingerprint density at radius 2 is 1.86 bits per heavy atom. The van der Waals surface area contributed by atoms with E-state index in [9.17, 15) is 9.59 Å². The third kappa shape index (κ3) is 7.03. The summed E-state index contributed by atoms with van der Waals surface area (Å²) in [5.41, 5.74) is 4.16. The summed E-state index contributed by atoms with van der Waals surface area (Å²) in [5, 5.41) is 6.56. The lowest BCUT2D eigenvalue weighted by Gasteiger charge is -2.10. The van der Waals surface area contributed by atoms with E-state index in [0.717, 1.165) is 15.6 Å². The number of ether oxygens (including phenoxy) is 2. The van der Waals surface area contributed by atoms with Crippen molar-refractivity contribution < 1.29 is 19.1 Å². The first-order valence-corrected chi connectivity index (χ1v) is 9.36. The van der Waals surface area contributed by atoms with Gasteiger partial charge in [0.15, 0.2) is 11.5 Å². The van der Waals surface area contributed by atoms with Crippen molar-refractivity contribution >= 4 is 34.0 Å². The van der Waals surface area contributed by atoms with E-state index in [1.54, 1.807) is 14.2 Å². The Kier molecular flexibility index (Phi) is 8.48. The number of rotatable bonds is 9. The van der Waals surface area contributed by atoms with Crippen molar-refractivity contribution in [3.8, 4) is 11.5 Å². The number of hydrogen-bond acceptors (Lipinski definition) is 5. The van der Waals surface area contributed by atoms with Crippen LogP contribution in [0.25, 0.3) is 0 Å². The number of carbonyl (C=O) groups excluding carboxylic acids is 2. The van der Waals surface area contributed by atoms with Crippen LogP contribution < -0.4 is 20.2 Å². The highest BCUT2D eigenvalue weighted by atomic mass is 79.9. The van der Waals surface area contributed by atoms with Gasteiger partial charge in [-0.1, -0.05) is 34.1 Å². The number of halogens is 1. The highest BCUT2D eigenvalue weighted by molar-refractivity contribution is 9.10. The molecule has 2 amide bonds. The molecule has 28 heavy (non-hydrogen) atoms. The Labute approximate surface area is 172 Å². The van der Waals surface area contributed by atoms with E-state index in [-0.39, 0.29) is 12.3 Å². The first-order chi connectivity index (χ1) is 13.5. The molecule has 0 aliphatic heterocycles. The van der Waals surface area contributed by atoms with E-state index >= 15 is 0 Å². The van der Waals surface area contributed by atoms with E-state index in [2.05, 4.69) is 31.8 Å². The van der Waals surface area contributed by atoms with Gasteiger partial charge >= 0.3 is 0 Å². The van der Waals surface area contributed by atoms with Crippen LogP contribution in [0, 0.1) is 0 Å². The smallest absolute Gasteiger partial charge is 0.249 e. The van der Waals surface area contributed by atoms with E-state index < -0.39 is 5.91 Å². The molecular weight excluding hydrogens is 426 g/mol. The predicted octanol–water partition coefficient (Wildman–Crippen LogP) is 2.67. The molecule has 0 saturated carbocycles. The van der Waals surface area contributed by atoms with Gasteiger partial charge in [-0.25, -0.2) is 5.43 Å². The van der Waals surface area contributed by atoms with Gasteiger partial charge in [0, 0.05) is 11.0 Å². The van der Waals surface area contributed by atoms with Crippen molar-refractivity contribution in [3.05, 3.63) is 58.1 Å². The first kappa shape index (κ1) is 21.4. The SMILES string of the molecule is COc1ccc(CCNC(=O)CC(=O)N/N=C\c2cccc(Br)c2)cc1OC. The summed E-state index contributed by atoms with van der Waals surface area (Å²) in [6.45, 7) is 0.406. The molecule has 0 atom stereocenters. The van der Waals surface area contributed by atoms with Crippen LogP contribution in [0.1, 0.15) is 17.5 Å². The van der Waals surface area contributed by atoms with Crippen LogP contribution in [0.5, 0.6) is 11.5 Å². The summed E-state index contributed by atoms with van der Waals surface area (Å²) in [5.74, 6) is 0.440. The van der Waals surface area contributed by atoms with E-state index in [4.69, 9.17) is 9.47 Å². The van der Waals surface area contributed by atoms with E-state index in [1.807, 2.05) is 42.5 Å². The minimum absolute atomic E-state index is 0.290. The summed E-state index contributed by atoms with van der Waals surface area (Å²) in [7, 11) is 3.15. The van der Waals surface area contributed by atoms with Gasteiger partial charge in [-0.05, 0) is 41.8 Å². The van der Waals surface area contributed by atoms with Crippen LogP contribution in [0.15, 0.2) is 52.0 Å². The molecule has 0 fully saturated rings. The zero-order valence-electron chi connectivity index (χ0n) is 15.7. The van der Waals surface area contributed by atoms with Gasteiger partial charge in [0.25, 0.3) is 0 Å². The molecule has 0 bridgehead atoms. The fourth-order valence-corrected chi connectivity index (χ4v) is 2.81. The average Bonchev–Trinajstić information content (AvgIpc) is 2.67. The maximum atomic E-state index is 11.9. The number of benzene rings is 2. The van der Waals surface area contributed by atoms with Crippen molar-refractivity contribution in [2.75, 3.05) is 20.8 Å². The molecule has 0 aliphatic rings. The van der Waals surface area contributed by atoms with Crippen LogP contribution in [0.2, 0.25) is 0 Å².